The third-order valence-electron chi connectivity index (χ3n) is 1.85. The molecule has 0 saturated heterocycles. The fourth-order valence-electron chi connectivity index (χ4n) is 0.868. The number of benzene rings is 1. The number of hydrogen-bond acceptors (Lipinski definition) is 2. The Labute approximate surface area is 103 Å². The lowest BCUT2D eigenvalue weighted by molar-refractivity contribution is -0.122. The molecule has 0 aliphatic rings. The molecular weight excluding hydrogens is 258 g/mol. The third kappa shape index (κ3) is 3.26. The summed E-state index contributed by atoms with van der Waals surface area (Å²) in [5.74, 6) is 0.269. The molecule has 0 fully saturated rings. The van der Waals surface area contributed by atoms with Gasteiger partial charge in [-0.25, -0.2) is 0 Å². The van der Waals surface area contributed by atoms with Gasteiger partial charge in [0, 0.05) is 6.07 Å². The van der Waals surface area contributed by atoms with E-state index in [1.54, 1.807) is 6.92 Å². The van der Waals surface area contributed by atoms with E-state index in [0.717, 1.165) is 0 Å². The SMILES string of the molecule is CC(=O)C(C)Oc1cc(Cl)c(Cl)cc1Cl. The molecule has 0 saturated carbocycles. The van der Waals surface area contributed by atoms with Crippen LogP contribution in [0.3, 0.4) is 0 Å². The van der Waals surface area contributed by atoms with Crippen molar-refractivity contribution in [2.45, 2.75) is 20.0 Å². The summed E-state index contributed by atoms with van der Waals surface area (Å²) in [5.41, 5.74) is 0. The molecule has 0 radical (unpaired) electrons. The fourth-order valence-corrected chi connectivity index (χ4v) is 1.45. The van der Waals surface area contributed by atoms with Gasteiger partial charge >= 0.3 is 0 Å². The van der Waals surface area contributed by atoms with Crippen molar-refractivity contribution in [2.75, 3.05) is 0 Å². The Balaban J connectivity index is 2.95. The van der Waals surface area contributed by atoms with E-state index in [9.17, 15) is 4.79 Å². The molecule has 0 aliphatic heterocycles. The maximum atomic E-state index is 11.0. The van der Waals surface area contributed by atoms with E-state index in [1.165, 1.54) is 19.1 Å². The zero-order chi connectivity index (χ0) is 11.6. The first kappa shape index (κ1) is 12.6. The van der Waals surface area contributed by atoms with E-state index in [4.69, 9.17) is 39.5 Å². The number of halogens is 3. The van der Waals surface area contributed by atoms with Gasteiger partial charge in [-0.3, -0.25) is 4.79 Å². The predicted molar refractivity (Wildman–Crippen MR) is 62.2 cm³/mol. The van der Waals surface area contributed by atoms with Gasteiger partial charge in [0.2, 0.25) is 0 Å². The summed E-state index contributed by atoms with van der Waals surface area (Å²) < 4.78 is 5.32. The lowest BCUT2D eigenvalue weighted by atomic mass is 10.3. The van der Waals surface area contributed by atoms with Gasteiger partial charge in [0.15, 0.2) is 11.9 Å². The van der Waals surface area contributed by atoms with Crippen molar-refractivity contribution in [1.82, 2.24) is 0 Å². The van der Waals surface area contributed by atoms with E-state index < -0.39 is 6.10 Å². The highest BCUT2D eigenvalue weighted by atomic mass is 35.5. The highest BCUT2D eigenvalue weighted by molar-refractivity contribution is 6.43. The van der Waals surface area contributed by atoms with Crippen LogP contribution in [0.1, 0.15) is 13.8 Å². The number of carbonyl (C=O) groups is 1. The summed E-state index contributed by atoms with van der Waals surface area (Å²) in [6, 6.07) is 2.97. The van der Waals surface area contributed by atoms with Gasteiger partial charge in [-0.15, -0.1) is 0 Å². The quantitative estimate of drug-likeness (QED) is 0.774. The van der Waals surface area contributed by atoms with Crippen LogP contribution in [0.25, 0.3) is 0 Å². The minimum Gasteiger partial charge on any atom is -0.481 e. The molecule has 0 N–H and O–H groups in total. The number of hydrogen-bond donors (Lipinski definition) is 0. The monoisotopic (exact) mass is 266 g/mol. The van der Waals surface area contributed by atoms with Crippen LogP contribution in [-0.4, -0.2) is 11.9 Å². The van der Waals surface area contributed by atoms with Gasteiger partial charge in [0.05, 0.1) is 15.1 Å². The first-order chi connectivity index (χ1) is 6.91. The summed E-state index contributed by atoms with van der Waals surface area (Å²) in [6.07, 6.45) is -0.556. The number of ether oxygens (including phenoxy) is 1. The van der Waals surface area contributed by atoms with Gasteiger partial charge in [-0.05, 0) is 19.9 Å². The molecule has 0 aliphatic carbocycles. The van der Waals surface area contributed by atoms with Crippen molar-refractivity contribution in [1.29, 1.82) is 0 Å². The first-order valence-electron chi connectivity index (χ1n) is 4.23. The van der Waals surface area contributed by atoms with Gasteiger partial charge in [-0.2, -0.15) is 0 Å². The molecule has 2 nitrogen and oxygen atoms in total. The molecule has 82 valence electrons. The largest absolute Gasteiger partial charge is 0.481 e. The summed E-state index contributed by atoms with van der Waals surface area (Å²) in [4.78, 5) is 11.0. The lowest BCUT2D eigenvalue weighted by Gasteiger charge is -2.13. The smallest absolute Gasteiger partial charge is 0.169 e. The van der Waals surface area contributed by atoms with Crippen LogP contribution in [0.15, 0.2) is 12.1 Å². The Kier molecular flexibility index (Phi) is 4.26. The lowest BCUT2D eigenvalue weighted by Crippen LogP contribution is -2.20. The van der Waals surface area contributed by atoms with Crippen molar-refractivity contribution >= 4 is 40.6 Å². The predicted octanol–water partition coefficient (Wildman–Crippen LogP) is 4.00. The van der Waals surface area contributed by atoms with E-state index in [2.05, 4.69) is 0 Å². The van der Waals surface area contributed by atoms with E-state index >= 15 is 0 Å². The molecule has 1 rings (SSSR count). The van der Waals surface area contributed by atoms with Crippen molar-refractivity contribution in [2.24, 2.45) is 0 Å². The van der Waals surface area contributed by atoms with Crippen LogP contribution < -0.4 is 4.74 Å². The highest BCUT2D eigenvalue weighted by Crippen LogP contribution is 2.34. The van der Waals surface area contributed by atoms with Crippen LogP contribution in [0.2, 0.25) is 15.1 Å². The summed E-state index contributed by atoms with van der Waals surface area (Å²) in [5, 5.41) is 1.02. The Morgan fingerprint density at radius 2 is 1.73 bits per heavy atom. The molecule has 0 aromatic heterocycles. The standard InChI is InChI=1S/C10H9Cl3O2/c1-5(14)6(2)15-10-4-8(12)7(11)3-9(10)13/h3-4,6H,1-2H3. The van der Waals surface area contributed by atoms with Crippen molar-refractivity contribution in [3.63, 3.8) is 0 Å². The van der Waals surface area contributed by atoms with Gasteiger partial charge in [0.25, 0.3) is 0 Å². The summed E-state index contributed by atoms with van der Waals surface area (Å²) in [7, 11) is 0. The van der Waals surface area contributed by atoms with Gasteiger partial charge in [-0.1, -0.05) is 34.8 Å². The molecule has 0 amide bonds. The number of Topliss-reactive ketones (excluding diaryl/α,β-unsaturated/α-hetero) is 1. The molecule has 0 spiro atoms. The second-order valence-corrected chi connectivity index (χ2v) is 4.29. The maximum Gasteiger partial charge on any atom is 0.169 e. The molecular formula is C10H9Cl3O2. The van der Waals surface area contributed by atoms with Crippen molar-refractivity contribution in [3.05, 3.63) is 27.2 Å². The first-order valence-corrected chi connectivity index (χ1v) is 5.37. The third-order valence-corrected chi connectivity index (χ3v) is 2.87. The van der Waals surface area contributed by atoms with E-state index in [-0.39, 0.29) is 5.78 Å². The molecule has 1 aromatic carbocycles. The van der Waals surface area contributed by atoms with Gasteiger partial charge < -0.3 is 4.74 Å². The number of rotatable bonds is 3. The Hall–Kier alpha value is -0.440. The second kappa shape index (κ2) is 5.06. The average molecular weight is 268 g/mol. The molecule has 1 aromatic rings. The van der Waals surface area contributed by atoms with Crippen LogP contribution >= 0.6 is 34.8 Å². The Morgan fingerprint density at radius 3 is 2.27 bits per heavy atom. The molecule has 1 unspecified atom stereocenters. The van der Waals surface area contributed by atoms with Crippen LogP contribution in [-0.2, 0) is 4.79 Å². The Morgan fingerprint density at radius 1 is 1.20 bits per heavy atom. The molecule has 0 bridgehead atoms. The number of ketones is 1. The highest BCUT2D eigenvalue weighted by Gasteiger charge is 2.13. The van der Waals surface area contributed by atoms with E-state index in [0.29, 0.717) is 20.8 Å². The Bertz CT molecular complexity index is 390. The van der Waals surface area contributed by atoms with E-state index in [1.807, 2.05) is 0 Å². The zero-order valence-electron chi connectivity index (χ0n) is 8.18. The zero-order valence-corrected chi connectivity index (χ0v) is 10.5. The summed E-state index contributed by atoms with van der Waals surface area (Å²) >= 11 is 17.4. The van der Waals surface area contributed by atoms with Crippen molar-refractivity contribution in [3.8, 4) is 5.75 Å². The molecule has 5 heteroatoms. The average Bonchev–Trinajstić information content (AvgIpc) is 2.13. The number of carbonyl (C=O) groups excluding carboxylic acids is 1. The second-order valence-electron chi connectivity index (χ2n) is 3.07. The van der Waals surface area contributed by atoms with Crippen LogP contribution in [0, 0.1) is 0 Å². The molecule has 0 heterocycles. The van der Waals surface area contributed by atoms with Gasteiger partial charge in [0.1, 0.15) is 5.75 Å². The topological polar surface area (TPSA) is 26.3 Å². The van der Waals surface area contributed by atoms with Crippen LogP contribution in [0.4, 0.5) is 0 Å². The summed E-state index contributed by atoms with van der Waals surface area (Å²) in [6.45, 7) is 3.08. The minimum atomic E-state index is -0.556. The normalized spacial score (nSPS) is 12.3. The molecule has 1 atom stereocenters. The van der Waals surface area contributed by atoms with Crippen molar-refractivity contribution < 1.29 is 9.53 Å². The fraction of sp³-hybridized carbons (Fsp3) is 0.300. The maximum absolute atomic E-state index is 11.0. The molecule has 15 heavy (non-hydrogen) atoms. The van der Waals surface area contributed by atoms with Crippen LogP contribution in [0.5, 0.6) is 5.75 Å². The minimum absolute atomic E-state index is 0.0860.